The molecule has 2 N–H and O–H groups in total. The minimum absolute atomic E-state index is 0.152. The molecule has 1 heterocycles. The van der Waals surface area contributed by atoms with Crippen LogP contribution >= 0.6 is 7.75 Å². The lowest BCUT2D eigenvalue weighted by atomic mass is 9.62. The Hall–Kier alpha value is -0.310. The summed E-state index contributed by atoms with van der Waals surface area (Å²) in [4.78, 5) is 18.6. The van der Waals surface area contributed by atoms with Gasteiger partial charge in [0.05, 0.1) is 12.8 Å². The van der Waals surface area contributed by atoms with Crippen molar-refractivity contribution in [2.45, 2.75) is 57.4 Å². The van der Waals surface area contributed by atoms with E-state index in [1.54, 1.807) is 0 Å². The highest BCUT2D eigenvalue weighted by molar-refractivity contribution is 7.49. The molecule has 132 valence electrons. The second-order valence-electron chi connectivity index (χ2n) is 6.16. The maximum Gasteiger partial charge on any atom is 0.403 e. The van der Waals surface area contributed by atoms with Gasteiger partial charge in [-0.05, 0) is 26.7 Å². The first-order valence-corrected chi connectivity index (χ1v) is 8.04. The summed E-state index contributed by atoms with van der Waals surface area (Å²) in [7, 11) is -4.97. The summed E-state index contributed by atoms with van der Waals surface area (Å²) in [5.41, 5.74) is -4.31. The van der Waals surface area contributed by atoms with Gasteiger partial charge in [0.2, 0.25) is 0 Å². The fourth-order valence-electron chi connectivity index (χ4n) is 3.32. The second-order valence-corrected chi connectivity index (χ2v) is 7.67. The zero-order valence-corrected chi connectivity index (χ0v) is 12.9. The Morgan fingerprint density at radius 2 is 1.45 bits per heavy atom. The van der Waals surface area contributed by atoms with Crippen molar-refractivity contribution in [2.24, 2.45) is 5.41 Å². The third-order valence-corrected chi connectivity index (χ3v) is 5.69. The van der Waals surface area contributed by atoms with Crippen LogP contribution < -0.4 is 0 Å². The van der Waals surface area contributed by atoms with Crippen molar-refractivity contribution in [3.05, 3.63) is 0 Å². The minimum Gasteiger partial charge on any atom is -0.312 e. The first kappa shape index (κ1) is 19.7. The molecule has 1 saturated heterocycles. The first-order chi connectivity index (χ1) is 9.50. The maximum absolute atomic E-state index is 12.8. The molecule has 1 fully saturated rings. The van der Waals surface area contributed by atoms with E-state index >= 15 is 0 Å². The van der Waals surface area contributed by atoms with Gasteiger partial charge in [-0.2, -0.15) is 26.3 Å². The highest BCUT2D eigenvalue weighted by Crippen LogP contribution is 2.61. The Balaban J connectivity index is 3.37. The summed E-state index contributed by atoms with van der Waals surface area (Å²) in [6.45, 7) is 1.81. The summed E-state index contributed by atoms with van der Waals surface area (Å²) in [5, 5.41) is 0. The molecule has 0 atom stereocenters. The van der Waals surface area contributed by atoms with Crippen LogP contribution in [0.2, 0.25) is 0 Å². The molecule has 0 spiro atoms. The minimum atomic E-state index is -4.97. The van der Waals surface area contributed by atoms with Crippen molar-refractivity contribution in [3.8, 4) is 0 Å². The molecule has 0 aliphatic carbocycles. The second kappa shape index (κ2) is 5.65. The third-order valence-electron chi connectivity index (χ3n) is 4.36. The van der Waals surface area contributed by atoms with Crippen LogP contribution in [0.4, 0.5) is 26.3 Å². The van der Waals surface area contributed by atoms with E-state index in [1.165, 1.54) is 0 Å². The zero-order valence-electron chi connectivity index (χ0n) is 12.0. The summed E-state index contributed by atoms with van der Waals surface area (Å²) in [6.07, 6.45) is -13.8. The van der Waals surface area contributed by atoms with E-state index in [1.807, 2.05) is 0 Å². The van der Waals surface area contributed by atoms with E-state index in [-0.39, 0.29) is 13.0 Å². The molecule has 0 amide bonds. The van der Waals surface area contributed by atoms with Crippen LogP contribution in [0.25, 0.3) is 0 Å². The molecule has 1 rings (SSSR count). The smallest absolute Gasteiger partial charge is 0.312 e. The van der Waals surface area contributed by atoms with Crippen LogP contribution in [-0.2, 0) is 4.57 Å². The molecular weight excluding hydrogens is 339 g/mol. The lowest BCUT2D eigenvalue weighted by Gasteiger charge is -2.56. The van der Waals surface area contributed by atoms with Crippen molar-refractivity contribution in [2.75, 3.05) is 6.54 Å². The standard InChI is InChI=1S/C11H18F6NO3P/c1-8(2)9(6-10(12,13)14,7-11(15,16)17)4-3-5-18(8)22(19,20)21/h3-7H2,1-2H3,(H2,19,20,21). The van der Waals surface area contributed by atoms with Crippen LogP contribution in [-0.4, -0.2) is 38.9 Å². The van der Waals surface area contributed by atoms with E-state index in [4.69, 9.17) is 0 Å². The van der Waals surface area contributed by atoms with Crippen LogP contribution in [0, 0.1) is 5.41 Å². The molecule has 4 nitrogen and oxygen atoms in total. The van der Waals surface area contributed by atoms with Crippen LogP contribution in [0.15, 0.2) is 0 Å². The molecule has 0 aromatic rings. The molecule has 22 heavy (non-hydrogen) atoms. The van der Waals surface area contributed by atoms with E-state index in [2.05, 4.69) is 0 Å². The van der Waals surface area contributed by atoms with Gasteiger partial charge >= 0.3 is 20.1 Å². The van der Waals surface area contributed by atoms with E-state index in [0.717, 1.165) is 13.8 Å². The van der Waals surface area contributed by atoms with Crippen molar-refractivity contribution >= 4 is 7.75 Å². The third kappa shape index (κ3) is 4.37. The van der Waals surface area contributed by atoms with Gasteiger partial charge in [-0.3, -0.25) is 0 Å². The number of piperidine rings is 1. The summed E-state index contributed by atoms with van der Waals surface area (Å²) in [6, 6.07) is 0. The van der Waals surface area contributed by atoms with E-state index in [0.29, 0.717) is 4.67 Å². The number of hydrogen-bond donors (Lipinski definition) is 2. The molecule has 0 unspecified atom stereocenters. The first-order valence-electron chi connectivity index (χ1n) is 6.47. The van der Waals surface area contributed by atoms with Crippen molar-refractivity contribution in [1.82, 2.24) is 4.67 Å². The van der Waals surface area contributed by atoms with Gasteiger partial charge in [0.25, 0.3) is 0 Å². The Bertz CT molecular complexity index is 440. The zero-order chi connectivity index (χ0) is 17.6. The summed E-state index contributed by atoms with van der Waals surface area (Å²) < 4.78 is 89.0. The lowest BCUT2D eigenvalue weighted by molar-refractivity contribution is -0.224. The van der Waals surface area contributed by atoms with Crippen LogP contribution in [0.5, 0.6) is 0 Å². The predicted octanol–water partition coefficient (Wildman–Crippen LogP) is 3.84. The number of halogens is 6. The van der Waals surface area contributed by atoms with Crippen LogP contribution in [0.3, 0.4) is 0 Å². The summed E-state index contributed by atoms with van der Waals surface area (Å²) in [5.74, 6) is 0. The number of hydrogen-bond acceptors (Lipinski definition) is 1. The summed E-state index contributed by atoms with van der Waals surface area (Å²) >= 11 is 0. The fraction of sp³-hybridized carbons (Fsp3) is 1.00. The highest BCUT2D eigenvalue weighted by atomic mass is 31.2. The Morgan fingerprint density at radius 3 is 1.77 bits per heavy atom. The highest BCUT2D eigenvalue weighted by Gasteiger charge is 2.61. The quantitative estimate of drug-likeness (QED) is 0.595. The van der Waals surface area contributed by atoms with Crippen molar-refractivity contribution in [1.29, 1.82) is 0 Å². The number of alkyl halides is 6. The molecule has 1 aliphatic rings. The van der Waals surface area contributed by atoms with E-state index < -0.39 is 50.3 Å². The normalized spacial score (nSPS) is 23.5. The van der Waals surface area contributed by atoms with Gasteiger partial charge in [-0.15, -0.1) is 0 Å². The van der Waals surface area contributed by atoms with Gasteiger partial charge in [-0.25, -0.2) is 9.24 Å². The Kier molecular flexibility index (Phi) is 5.07. The van der Waals surface area contributed by atoms with Crippen molar-refractivity contribution in [3.63, 3.8) is 0 Å². The topological polar surface area (TPSA) is 60.8 Å². The molecule has 11 heteroatoms. The molecule has 1 aliphatic heterocycles. The molecule has 0 bridgehead atoms. The molecule has 0 aromatic carbocycles. The molecule has 0 radical (unpaired) electrons. The van der Waals surface area contributed by atoms with E-state index in [9.17, 15) is 40.7 Å². The molecule has 0 aromatic heterocycles. The predicted molar refractivity (Wildman–Crippen MR) is 65.8 cm³/mol. The average Bonchev–Trinajstić information content (AvgIpc) is 2.14. The monoisotopic (exact) mass is 357 g/mol. The molecular formula is C11H18F6NO3P. The van der Waals surface area contributed by atoms with Crippen molar-refractivity contribution < 1.29 is 40.7 Å². The Labute approximate surface area is 123 Å². The average molecular weight is 357 g/mol. The van der Waals surface area contributed by atoms with Gasteiger partial charge in [-0.1, -0.05) is 0 Å². The molecule has 0 saturated carbocycles. The van der Waals surface area contributed by atoms with Gasteiger partial charge in [0.15, 0.2) is 0 Å². The maximum atomic E-state index is 12.8. The number of nitrogens with zero attached hydrogens (tertiary/aromatic N) is 1. The SMILES string of the molecule is CC1(C)N(P(=O)(O)O)CCCC1(CC(F)(F)F)CC(F)(F)F. The van der Waals surface area contributed by atoms with Gasteiger partial charge in [0.1, 0.15) is 0 Å². The fourth-order valence-corrected chi connectivity index (χ4v) is 4.59. The number of rotatable bonds is 3. The van der Waals surface area contributed by atoms with Crippen LogP contribution in [0.1, 0.15) is 39.5 Å². The largest absolute Gasteiger partial charge is 0.403 e. The van der Waals surface area contributed by atoms with Gasteiger partial charge < -0.3 is 9.79 Å². The Morgan fingerprint density at radius 1 is 1.05 bits per heavy atom. The lowest BCUT2D eigenvalue weighted by Crippen LogP contribution is -2.60. The van der Waals surface area contributed by atoms with Gasteiger partial charge in [0, 0.05) is 17.5 Å².